The highest BCUT2D eigenvalue weighted by Gasteiger charge is 2.44. The number of rotatable bonds is 1. The number of fused-ring (bicyclic) bond motifs is 1. The minimum Gasteiger partial charge on any atom is -0.380 e. The van der Waals surface area contributed by atoms with Gasteiger partial charge in [-0.15, -0.1) is 0 Å². The van der Waals surface area contributed by atoms with Crippen molar-refractivity contribution in [3.05, 3.63) is 70.3 Å². The topological polar surface area (TPSA) is 20.2 Å². The van der Waals surface area contributed by atoms with E-state index in [1.807, 2.05) is 19.1 Å². The van der Waals surface area contributed by atoms with E-state index in [9.17, 15) is 18.3 Å². The maximum absolute atomic E-state index is 13.2. The number of halogens is 3. The van der Waals surface area contributed by atoms with Crippen LogP contribution in [0.2, 0.25) is 0 Å². The third-order valence-electron chi connectivity index (χ3n) is 4.15. The first-order chi connectivity index (χ1) is 9.82. The van der Waals surface area contributed by atoms with Gasteiger partial charge < -0.3 is 5.11 Å². The maximum Gasteiger partial charge on any atom is 0.416 e. The Hall–Kier alpha value is -1.81. The van der Waals surface area contributed by atoms with Crippen LogP contribution in [0.3, 0.4) is 0 Å². The normalized spacial score (nSPS) is 21.4. The first-order valence-electron chi connectivity index (χ1n) is 6.81. The third-order valence-corrected chi connectivity index (χ3v) is 4.15. The molecule has 1 aliphatic carbocycles. The fourth-order valence-electron chi connectivity index (χ4n) is 3.11. The van der Waals surface area contributed by atoms with E-state index in [4.69, 9.17) is 0 Å². The van der Waals surface area contributed by atoms with Crippen LogP contribution in [0, 0.1) is 6.92 Å². The van der Waals surface area contributed by atoms with Crippen LogP contribution in [0.4, 0.5) is 13.2 Å². The number of alkyl halides is 3. The Labute approximate surface area is 121 Å². The molecule has 0 spiro atoms. The molecule has 3 rings (SSSR count). The Morgan fingerprint density at radius 2 is 1.76 bits per heavy atom. The molecule has 0 radical (unpaired) electrons. The van der Waals surface area contributed by atoms with E-state index in [1.165, 1.54) is 18.2 Å². The molecule has 1 aliphatic rings. The molecule has 110 valence electrons. The van der Waals surface area contributed by atoms with E-state index in [0.717, 1.165) is 17.2 Å². The summed E-state index contributed by atoms with van der Waals surface area (Å²) in [5.41, 5.74) is 0.0644. The predicted molar refractivity (Wildman–Crippen MR) is 73.9 cm³/mol. The Morgan fingerprint density at radius 3 is 2.48 bits per heavy atom. The number of benzene rings is 2. The molecule has 2 aromatic carbocycles. The lowest BCUT2D eigenvalue weighted by molar-refractivity contribution is -0.140. The molecule has 0 fully saturated rings. The van der Waals surface area contributed by atoms with E-state index in [1.54, 1.807) is 6.07 Å². The van der Waals surface area contributed by atoms with Gasteiger partial charge in [-0.2, -0.15) is 13.2 Å². The highest BCUT2D eigenvalue weighted by Crippen LogP contribution is 2.46. The van der Waals surface area contributed by atoms with Gasteiger partial charge in [0.1, 0.15) is 5.60 Å². The second kappa shape index (κ2) is 4.60. The Morgan fingerprint density at radius 1 is 1.05 bits per heavy atom. The van der Waals surface area contributed by atoms with Crippen LogP contribution < -0.4 is 0 Å². The van der Waals surface area contributed by atoms with Crippen LogP contribution in [0.25, 0.3) is 0 Å². The summed E-state index contributed by atoms with van der Waals surface area (Å²) in [5, 5.41) is 11.0. The third kappa shape index (κ3) is 2.23. The van der Waals surface area contributed by atoms with Crippen LogP contribution in [-0.4, -0.2) is 5.11 Å². The van der Waals surface area contributed by atoms with Crippen molar-refractivity contribution in [2.24, 2.45) is 0 Å². The van der Waals surface area contributed by atoms with Crippen molar-refractivity contribution >= 4 is 0 Å². The summed E-state index contributed by atoms with van der Waals surface area (Å²) in [5.74, 6) is 0. The minimum absolute atomic E-state index is 0.0538. The van der Waals surface area contributed by atoms with Crippen molar-refractivity contribution in [1.29, 1.82) is 0 Å². The lowest BCUT2D eigenvalue weighted by atomic mass is 9.84. The second-order valence-electron chi connectivity index (χ2n) is 5.56. The summed E-state index contributed by atoms with van der Waals surface area (Å²) in [6.07, 6.45) is -3.61. The van der Waals surface area contributed by atoms with Gasteiger partial charge in [-0.1, -0.05) is 42.0 Å². The molecule has 0 saturated heterocycles. The van der Waals surface area contributed by atoms with Gasteiger partial charge in [-0.25, -0.2) is 0 Å². The average Bonchev–Trinajstić information content (AvgIpc) is 2.76. The number of hydrogen-bond donors (Lipinski definition) is 1. The van der Waals surface area contributed by atoms with Gasteiger partial charge in [0.2, 0.25) is 0 Å². The molecule has 0 bridgehead atoms. The molecule has 21 heavy (non-hydrogen) atoms. The average molecular weight is 292 g/mol. The SMILES string of the molecule is Cc1ccc2c(c1)C(O)(c1ccccc1C(F)(F)F)CC2. The van der Waals surface area contributed by atoms with Crippen LogP contribution >= 0.6 is 0 Å². The van der Waals surface area contributed by atoms with Crippen LogP contribution in [0.15, 0.2) is 42.5 Å². The number of aryl methyl sites for hydroxylation is 2. The zero-order valence-electron chi connectivity index (χ0n) is 11.5. The van der Waals surface area contributed by atoms with Gasteiger partial charge in [0, 0.05) is 5.56 Å². The van der Waals surface area contributed by atoms with Crippen molar-refractivity contribution < 1.29 is 18.3 Å². The van der Waals surface area contributed by atoms with Gasteiger partial charge in [0.05, 0.1) is 5.56 Å². The number of aliphatic hydroxyl groups is 1. The lowest BCUT2D eigenvalue weighted by Gasteiger charge is -2.28. The summed E-state index contributed by atoms with van der Waals surface area (Å²) >= 11 is 0. The molecule has 2 aromatic rings. The van der Waals surface area contributed by atoms with Crippen LogP contribution in [0.5, 0.6) is 0 Å². The molecule has 4 heteroatoms. The molecule has 1 atom stereocenters. The van der Waals surface area contributed by atoms with E-state index in [-0.39, 0.29) is 12.0 Å². The fraction of sp³-hybridized carbons (Fsp3) is 0.294. The van der Waals surface area contributed by atoms with Gasteiger partial charge in [0.25, 0.3) is 0 Å². The molecular weight excluding hydrogens is 277 g/mol. The van der Waals surface area contributed by atoms with E-state index < -0.39 is 17.3 Å². The Balaban J connectivity index is 2.22. The summed E-state index contributed by atoms with van der Waals surface area (Å²) in [6.45, 7) is 1.87. The molecular formula is C17H15F3O. The molecule has 0 saturated carbocycles. The van der Waals surface area contributed by atoms with Crippen molar-refractivity contribution in [2.75, 3.05) is 0 Å². The molecule has 0 aliphatic heterocycles. The number of hydrogen-bond acceptors (Lipinski definition) is 1. The largest absolute Gasteiger partial charge is 0.416 e. The van der Waals surface area contributed by atoms with Crippen molar-refractivity contribution in [1.82, 2.24) is 0 Å². The summed E-state index contributed by atoms with van der Waals surface area (Å²) in [6, 6.07) is 10.9. The first-order valence-corrected chi connectivity index (χ1v) is 6.81. The quantitative estimate of drug-likeness (QED) is 0.835. The van der Waals surface area contributed by atoms with Crippen LogP contribution in [0.1, 0.15) is 34.2 Å². The zero-order chi connectivity index (χ0) is 15.3. The summed E-state index contributed by atoms with van der Waals surface area (Å²) < 4.78 is 39.6. The molecule has 1 N–H and O–H groups in total. The highest BCUT2D eigenvalue weighted by atomic mass is 19.4. The summed E-state index contributed by atoms with van der Waals surface area (Å²) in [7, 11) is 0. The maximum atomic E-state index is 13.2. The Bertz CT molecular complexity index is 691. The Kier molecular flexibility index (Phi) is 3.10. The van der Waals surface area contributed by atoms with Gasteiger partial charge in [0.15, 0.2) is 0 Å². The fourth-order valence-corrected chi connectivity index (χ4v) is 3.11. The molecule has 1 nitrogen and oxygen atoms in total. The van der Waals surface area contributed by atoms with Crippen LogP contribution in [-0.2, 0) is 18.2 Å². The monoisotopic (exact) mass is 292 g/mol. The van der Waals surface area contributed by atoms with Gasteiger partial charge in [-0.3, -0.25) is 0 Å². The predicted octanol–water partition coefficient (Wildman–Crippen LogP) is 4.20. The van der Waals surface area contributed by atoms with E-state index in [2.05, 4.69) is 0 Å². The van der Waals surface area contributed by atoms with Gasteiger partial charge >= 0.3 is 6.18 Å². The zero-order valence-corrected chi connectivity index (χ0v) is 11.5. The second-order valence-corrected chi connectivity index (χ2v) is 5.56. The van der Waals surface area contributed by atoms with Crippen molar-refractivity contribution in [3.63, 3.8) is 0 Å². The minimum atomic E-state index is -4.47. The van der Waals surface area contributed by atoms with Gasteiger partial charge in [-0.05, 0) is 37.0 Å². The molecule has 1 unspecified atom stereocenters. The van der Waals surface area contributed by atoms with E-state index in [0.29, 0.717) is 12.0 Å². The van der Waals surface area contributed by atoms with Crippen molar-refractivity contribution in [2.45, 2.75) is 31.5 Å². The standard InChI is InChI=1S/C17H15F3O/c1-11-6-7-12-8-9-16(21,15(12)10-11)13-4-2-3-5-14(13)17(18,19)20/h2-7,10,21H,8-9H2,1H3. The van der Waals surface area contributed by atoms with E-state index >= 15 is 0 Å². The highest BCUT2D eigenvalue weighted by molar-refractivity contribution is 5.49. The lowest BCUT2D eigenvalue weighted by Crippen LogP contribution is -2.28. The molecule has 0 heterocycles. The molecule has 0 amide bonds. The van der Waals surface area contributed by atoms with Crippen molar-refractivity contribution in [3.8, 4) is 0 Å². The molecule has 0 aromatic heterocycles. The smallest absolute Gasteiger partial charge is 0.380 e. The summed E-state index contributed by atoms with van der Waals surface area (Å²) in [4.78, 5) is 0. The first kappa shape index (κ1) is 14.1.